The van der Waals surface area contributed by atoms with Crippen LogP contribution in [-0.2, 0) is 12.8 Å². The first-order chi connectivity index (χ1) is 8.69. The van der Waals surface area contributed by atoms with Crippen molar-refractivity contribution >= 4 is 10.8 Å². The molecule has 0 N–H and O–H groups in total. The van der Waals surface area contributed by atoms with Gasteiger partial charge in [-0.2, -0.15) is 0 Å². The van der Waals surface area contributed by atoms with Crippen molar-refractivity contribution in [2.24, 2.45) is 0 Å². The van der Waals surface area contributed by atoms with Gasteiger partial charge in [0, 0.05) is 6.42 Å². The summed E-state index contributed by atoms with van der Waals surface area (Å²) < 4.78 is 5.51. The van der Waals surface area contributed by atoms with Crippen molar-refractivity contribution in [3.05, 3.63) is 45.5 Å². The quantitative estimate of drug-likeness (QED) is 0.813. The predicted molar refractivity (Wildman–Crippen MR) is 75.2 cm³/mol. The van der Waals surface area contributed by atoms with Crippen LogP contribution in [0.25, 0.3) is 10.8 Å². The summed E-state index contributed by atoms with van der Waals surface area (Å²) in [5.74, 6) is 0.881. The zero-order chi connectivity index (χ0) is 13.1. The van der Waals surface area contributed by atoms with Gasteiger partial charge in [0.05, 0.1) is 5.39 Å². The highest BCUT2D eigenvalue weighted by Gasteiger charge is 2.13. The smallest absolute Gasteiger partial charge is 0.343 e. The van der Waals surface area contributed by atoms with E-state index >= 15 is 0 Å². The highest BCUT2D eigenvalue weighted by atomic mass is 16.4. The monoisotopic (exact) mass is 244 g/mol. The maximum absolute atomic E-state index is 12.0. The van der Waals surface area contributed by atoms with Gasteiger partial charge in [-0.15, -0.1) is 0 Å². The van der Waals surface area contributed by atoms with E-state index in [1.807, 2.05) is 12.1 Å². The molecule has 0 atom stereocenters. The second kappa shape index (κ2) is 5.38. The molecule has 0 aliphatic carbocycles. The lowest BCUT2D eigenvalue weighted by Gasteiger charge is -2.12. The molecule has 96 valence electrons. The van der Waals surface area contributed by atoms with Crippen LogP contribution in [-0.4, -0.2) is 0 Å². The Morgan fingerprint density at radius 2 is 1.83 bits per heavy atom. The van der Waals surface area contributed by atoms with Crippen molar-refractivity contribution in [3.63, 3.8) is 0 Å². The molecule has 18 heavy (non-hydrogen) atoms. The molecule has 0 fully saturated rings. The summed E-state index contributed by atoms with van der Waals surface area (Å²) in [5, 5.41) is 1.83. The number of hydrogen-bond donors (Lipinski definition) is 0. The van der Waals surface area contributed by atoms with Crippen molar-refractivity contribution in [2.45, 2.75) is 46.5 Å². The molecule has 0 saturated heterocycles. The van der Waals surface area contributed by atoms with Crippen LogP contribution in [0.1, 0.15) is 43.6 Å². The van der Waals surface area contributed by atoms with Gasteiger partial charge in [0.25, 0.3) is 0 Å². The van der Waals surface area contributed by atoms with E-state index in [0.29, 0.717) is 0 Å². The predicted octanol–water partition coefficient (Wildman–Crippen LogP) is 4.01. The van der Waals surface area contributed by atoms with E-state index in [4.69, 9.17) is 4.42 Å². The lowest BCUT2D eigenvalue weighted by molar-refractivity contribution is 0.456. The van der Waals surface area contributed by atoms with Gasteiger partial charge < -0.3 is 4.42 Å². The molecule has 1 aromatic carbocycles. The Morgan fingerprint density at radius 3 is 2.50 bits per heavy atom. The van der Waals surface area contributed by atoms with Crippen molar-refractivity contribution < 1.29 is 4.42 Å². The third-order valence-corrected chi connectivity index (χ3v) is 3.32. The highest BCUT2D eigenvalue weighted by Crippen LogP contribution is 2.25. The summed E-state index contributed by atoms with van der Waals surface area (Å²) in [6, 6.07) is 5.85. The maximum Gasteiger partial charge on any atom is 0.343 e. The van der Waals surface area contributed by atoms with E-state index < -0.39 is 0 Å². The second-order valence-corrected chi connectivity index (χ2v) is 4.79. The molecule has 0 saturated carbocycles. The van der Waals surface area contributed by atoms with Crippen molar-refractivity contribution in [2.75, 3.05) is 0 Å². The molecule has 0 aliphatic heterocycles. The molecule has 0 aliphatic rings. The van der Waals surface area contributed by atoms with Crippen LogP contribution in [0.3, 0.4) is 0 Å². The minimum atomic E-state index is -0.197. The van der Waals surface area contributed by atoms with Gasteiger partial charge >= 0.3 is 5.63 Å². The van der Waals surface area contributed by atoms with E-state index in [-0.39, 0.29) is 5.63 Å². The summed E-state index contributed by atoms with van der Waals surface area (Å²) in [5.41, 5.74) is 2.20. The lowest BCUT2D eigenvalue weighted by Crippen LogP contribution is -2.08. The first-order valence-corrected chi connectivity index (χ1v) is 6.73. The summed E-state index contributed by atoms with van der Waals surface area (Å²) in [4.78, 5) is 12.0. The highest BCUT2D eigenvalue weighted by molar-refractivity contribution is 5.88. The third kappa shape index (κ3) is 2.20. The van der Waals surface area contributed by atoms with E-state index in [2.05, 4.69) is 26.8 Å². The lowest BCUT2D eigenvalue weighted by atomic mass is 9.96. The van der Waals surface area contributed by atoms with Crippen molar-refractivity contribution in [3.8, 4) is 0 Å². The molecule has 0 bridgehead atoms. The summed E-state index contributed by atoms with van der Waals surface area (Å²) in [6.07, 6.45) is 3.88. The van der Waals surface area contributed by atoms with Gasteiger partial charge in [0.1, 0.15) is 5.76 Å². The largest absolute Gasteiger partial charge is 0.427 e. The summed E-state index contributed by atoms with van der Waals surface area (Å²) in [7, 11) is 0. The van der Waals surface area contributed by atoms with E-state index in [1.165, 1.54) is 11.1 Å². The van der Waals surface area contributed by atoms with Crippen LogP contribution >= 0.6 is 0 Å². The molecule has 2 nitrogen and oxygen atoms in total. The van der Waals surface area contributed by atoms with Crippen LogP contribution in [0, 0.1) is 6.92 Å². The van der Waals surface area contributed by atoms with Crippen LogP contribution in [0.4, 0.5) is 0 Å². The van der Waals surface area contributed by atoms with Gasteiger partial charge in [0.15, 0.2) is 0 Å². The summed E-state index contributed by atoms with van der Waals surface area (Å²) >= 11 is 0. The zero-order valence-electron chi connectivity index (χ0n) is 11.4. The first-order valence-electron chi connectivity index (χ1n) is 6.73. The minimum absolute atomic E-state index is 0.197. The van der Waals surface area contributed by atoms with Gasteiger partial charge in [-0.3, -0.25) is 0 Å². The van der Waals surface area contributed by atoms with Gasteiger partial charge in [0.2, 0.25) is 0 Å². The van der Waals surface area contributed by atoms with Gasteiger partial charge in [-0.1, -0.05) is 32.4 Å². The Kier molecular flexibility index (Phi) is 3.85. The second-order valence-electron chi connectivity index (χ2n) is 4.79. The molecule has 1 aromatic heterocycles. The van der Waals surface area contributed by atoms with Gasteiger partial charge in [-0.05, 0) is 42.3 Å². The molecule has 2 aromatic rings. The zero-order valence-corrected chi connectivity index (χ0v) is 11.4. The first kappa shape index (κ1) is 12.9. The number of fused-ring (bicyclic) bond motifs is 1. The topological polar surface area (TPSA) is 30.2 Å². The fourth-order valence-electron chi connectivity index (χ4n) is 2.55. The van der Waals surface area contributed by atoms with E-state index in [0.717, 1.165) is 42.2 Å². The molecule has 1 heterocycles. The molecule has 0 radical (unpaired) electrons. The fraction of sp³-hybridized carbons (Fsp3) is 0.438. The molecule has 0 spiro atoms. The van der Waals surface area contributed by atoms with E-state index in [1.54, 1.807) is 0 Å². The maximum atomic E-state index is 12.0. The Labute approximate surface area is 108 Å². The third-order valence-electron chi connectivity index (χ3n) is 3.32. The average Bonchev–Trinajstić information content (AvgIpc) is 2.35. The molecular formula is C16H20O2. The molecule has 2 heteroatoms. The van der Waals surface area contributed by atoms with Crippen molar-refractivity contribution in [1.29, 1.82) is 0 Å². The Bertz CT molecular complexity index is 608. The van der Waals surface area contributed by atoms with Crippen LogP contribution in [0.15, 0.2) is 27.4 Å². The van der Waals surface area contributed by atoms with Crippen LogP contribution in [0.2, 0.25) is 0 Å². The fourth-order valence-corrected chi connectivity index (χ4v) is 2.55. The number of rotatable bonds is 4. The number of hydrogen-bond acceptors (Lipinski definition) is 2. The standard InChI is InChI=1S/C16H20O2/c1-4-7-12-14(8-5-2)18-16(17)13-10-6-9-11(3)15(12)13/h6,9-10H,4-5,7-8H2,1-3H3. The number of aryl methyl sites for hydroxylation is 3. The van der Waals surface area contributed by atoms with E-state index in [9.17, 15) is 4.79 Å². The summed E-state index contributed by atoms with van der Waals surface area (Å²) in [6.45, 7) is 6.33. The Hall–Kier alpha value is -1.57. The Balaban J connectivity index is 2.82. The van der Waals surface area contributed by atoms with Gasteiger partial charge in [-0.25, -0.2) is 4.79 Å². The minimum Gasteiger partial charge on any atom is -0.427 e. The Morgan fingerprint density at radius 1 is 1.11 bits per heavy atom. The SMILES string of the molecule is CCCc1oc(=O)c2cccc(C)c2c1CCC. The molecule has 2 rings (SSSR count). The molecule has 0 unspecified atom stereocenters. The average molecular weight is 244 g/mol. The molecule has 0 amide bonds. The van der Waals surface area contributed by atoms with Crippen LogP contribution in [0.5, 0.6) is 0 Å². The van der Waals surface area contributed by atoms with Crippen LogP contribution < -0.4 is 5.63 Å². The normalized spacial score (nSPS) is 11.1. The molecular weight excluding hydrogens is 224 g/mol. The number of benzene rings is 1. The van der Waals surface area contributed by atoms with Crippen molar-refractivity contribution in [1.82, 2.24) is 0 Å².